The number of sulfonamides is 1. The number of carbonyl (C=O) groups is 2. The Hall–Kier alpha value is -1.55. The number of aliphatic hydroxyl groups is 1. The number of aliphatic hydroxyl groups excluding tert-OH is 1. The van der Waals surface area contributed by atoms with Gasteiger partial charge in [-0.2, -0.15) is 0 Å². The lowest BCUT2D eigenvalue weighted by atomic mass is 9.41. The number of rotatable bonds is 8. The number of alkyl carbamates (subject to hydrolysis) is 1. The maximum absolute atomic E-state index is 12.7. The van der Waals surface area contributed by atoms with Crippen LogP contribution in [0, 0.1) is 46.3 Å². The van der Waals surface area contributed by atoms with Crippen molar-refractivity contribution in [3.63, 3.8) is 0 Å². The lowest BCUT2D eigenvalue weighted by Crippen LogP contribution is -2.63. The first-order valence-corrected chi connectivity index (χ1v) is 18.8. The average Bonchev–Trinajstić information content (AvgIpc) is 3.32. The highest BCUT2D eigenvalue weighted by atomic mass is 32.2. The zero-order valence-corrected chi connectivity index (χ0v) is 27.7. The first-order chi connectivity index (χ1) is 20.4. The first-order valence-electron chi connectivity index (χ1n) is 17.3. The van der Waals surface area contributed by atoms with E-state index in [1.165, 1.54) is 0 Å². The van der Waals surface area contributed by atoms with Gasteiger partial charge in [-0.1, -0.05) is 40.0 Å². The Balaban J connectivity index is 1.24. The summed E-state index contributed by atoms with van der Waals surface area (Å²) in [6.45, 7) is 7.60. The van der Waals surface area contributed by atoms with E-state index >= 15 is 0 Å². The second kappa shape index (κ2) is 13.1. The number of fused-ring (bicyclic) bond motifs is 5. The lowest BCUT2D eigenvalue weighted by Gasteiger charge is -2.65. The minimum Gasteiger partial charge on any atom is -0.446 e. The van der Waals surface area contributed by atoms with Gasteiger partial charge in [0.05, 0.1) is 11.4 Å². The van der Waals surface area contributed by atoms with Crippen molar-refractivity contribution in [2.24, 2.45) is 46.3 Å². The molecule has 0 saturated heterocycles. The summed E-state index contributed by atoms with van der Waals surface area (Å²) in [7, 11) is -1.99. The fourth-order valence-electron chi connectivity index (χ4n) is 11.0. The Morgan fingerprint density at radius 1 is 0.930 bits per heavy atom. The van der Waals surface area contributed by atoms with E-state index in [1.54, 1.807) is 7.05 Å². The Morgan fingerprint density at radius 3 is 2.33 bits per heavy atom. The summed E-state index contributed by atoms with van der Waals surface area (Å²) in [5.41, 5.74) is 0.301. The molecule has 5 fully saturated rings. The van der Waals surface area contributed by atoms with Crippen molar-refractivity contribution in [3.8, 4) is 0 Å². The maximum Gasteiger partial charge on any atom is 0.407 e. The monoisotopic (exact) mass is 623 g/mol. The van der Waals surface area contributed by atoms with Crippen LogP contribution >= 0.6 is 0 Å². The van der Waals surface area contributed by atoms with E-state index in [1.807, 2.05) is 0 Å². The smallest absolute Gasteiger partial charge is 0.407 e. The summed E-state index contributed by atoms with van der Waals surface area (Å²) >= 11 is 0. The molecule has 10 heteroatoms. The van der Waals surface area contributed by atoms with Crippen LogP contribution in [0.25, 0.3) is 0 Å². The number of hydrogen-bond acceptors (Lipinski definition) is 6. The molecule has 246 valence electrons. The molecule has 0 aliphatic heterocycles. The van der Waals surface area contributed by atoms with Gasteiger partial charge in [0.25, 0.3) is 0 Å². The maximum atomic E-state index is 12.7. The van der Waals surface area contributed by atoms with Crippen LogP contribution in [0.15, 0.2) is 0 Å². The van der Waals surface area contributed by atoms with E-state index < -0.39 is 21.3 Å². The molecule has 5 aliphatic carbocycles. The van der Waals surface area contributed by atoms with Crippen molar-refractivity contribution in [2.75, 3.05) is 13.6 Å². The molecule has 0 radical (unpaired) electrons. The van der Waals surface area contributed by atoms with Crippen LogP contribution in [0.5, 0.6) is 0 Å². The molecular weight excluding hydrogens is 566 g/mol. The van der Waals surface area contributed by atoms with Crippen LogP contribution in [0.4, 0.5) is 9.59 Å². The van der Waals surface area contributed by atoms with Crippen molar-refractivity contribution >= 4 is 22.1 Å². The van der Waals surface area contributed by atoms with Crippen molar-refractivity contribution < 1.29 is 27.9 Å². The van der Waals surface area contributed by atoms with Crippen LogP contribution in [-0.4, -0.2) is 56.7 Å². The van der Waals surface area contributed by atoms with Crippen molar-refractivity contribution in [2.45, 2.75) is 135 Å². The van der Waals surface area contributed by atoms with Gasteiger partial charge in [-0.25, -0.2) is 22.7 Å². The van der Waals surface area contributed by atoms with Gasteiger partial charge < -0.3 is 20.5 Å². The number of ether oxygens (including phenoxy) is 1. The van der Waals surface area contributed by atoms with Crippen LogP contribution < -0.4 is 15.4 Å². The molecule has 0 aromatic heterocycles. The van der Waals surface area contributed by atoms with Gasteiger partial charge in [0.1, 0.15) is 6.10 Å². The number of amides is 3. The van der Waals surface area contributed by atoms with Crippen LogP contribution in [0.2, 0.25) is 0 Å². The molecule has 3 amide bonds. The Morgan fingerprint density at radius 2 is 1.63 bits per heavy atom. The van der Waals surface area contributed by atoms with E-state index in [9.17, 15) is 23.1 Å². The second-order valence-electron chi connectivity index (χ2n) is 15.1. The Bertz CT molecular complexity index is 1110. The van der Waals surface area contributed by atoms with E-state index in [0.717, 1.165) is 83.5 Å². The number of nitrogens with one attached hydrogen (secondary N) is 3. The Kier molecular flexibility index (Phi) is 9.97. The van der Waals surface area contributed by atoms with Crippen LogP contribution in [-0.2, 0) is 14.8 Å². The predicted molar refractivity (Wildman–Crippen MR) is 167 cm³/mol. The Labute approximate surface area is 259 Å². The molecule has 10 atom stereocenters. The minimum atomic E-state index is -3.63. The quantitative estimate of drug-likeness (QED) is 0.256. The van der Waals surface area contributed by atoms with Gasteiger partial charge in [-0.15, -0.1) is 0 Å². The standard InChI is InChI=1S/C33H57N3O6S/c1-5-24-27-20-22(37)15-17-33(27,3)26-16-18-32(2)21(13-14-25(32)28(26)29(24)42-31(39)34-4)10-9-19-35-30(38)36-43(40,41)23-11-7-6-8-12-23/h21-29,37H,5-20H2,1-4H3,(H,34,39)(H2,35,36,38)/t21-,22+,24+,25-,26-,27-,28-,29+,32+,33+/m0/s1. The number of carbonyl (C=O) groups excluding carboxylic acids is 2. The van der Waals surface area contributed by atoms with Crippen LogP contribution in [0.1, 0.15) is 117 Å². The molecule has 0 bridgehead atoms. The molecule has 5 saturated carbocycles. The van der Waals surface area contributed by atoms with Gasteiger partial charge in [0, 0.05) is 19.5 Å². The van der Waals surface area contributed by atoms with Gasteiger partial charge in [0.2, 0.25) is 10.0 Å². The summed E-state index contributed by atoms with van der Waals surface area (Å²) in [5.74, 6) is 2.40. The van der Waals surface area contributed by atoms with Crippen molar-refractivity contribution in [3.05, 3.63) is 0 Å². The van der Waals surface area contributed by atoms with E-state index in [2.05, 4.69) is 36.1 Å². The molecule has 0 aromatic rings. The van der Waals surface area contributed by atoms with Crippen LogP contribution in [0.3, 0.4) is 0 Å². The third-order valence-corrected chi connectivity index (χ3v) is 15.1. The molecule has 0 unspecified atom stereocenters. The fraction of sp³-hybridized carbons (Fsp3) is 0.939. The molecule has 4 N–H and O–H groups in total. The lowest BCUT2D eigenvalue weighted by molar-refractivity contribution is -0.201. The predicted octanol–water partition coefficient (Wildman–Crippen LogP) is 5.72. The highest BCUT2D eigenvalue weighted by Crippen LogP contribution is 2.69. The summed E-state index contributed by atoms with van der Waals surface area (Å²) < 4.78 is 33.8. The summed E-state index contributed by atoms with van der Waals surface area (Å²) in [6.07, 6.45) is 13.4. The number of urea groups is 1. The van der Waals surface area contributed by atoms with Crippen molar-refractivity contribution in [1.29, 1.82) is 0 Å². The van der Waals surface area contributed by atoms with E-state index in [4.69, 9.17) is 4.74 Å². The molecule has 0 spiro atoms. The third kappa shape index (κ3) is 6.30. The molecule has 43 heavy (non-hydrogen) atoms. The van der Waals surface area contributed by atoms with Gasteiger partial charge in [0.15, 0.2) is 0 Å². The largest absolute Gasteiger partial charge is 0.446 e. The molecule has 0 aromatic carbocycles. The molecule has 5 rings (SSSR count). The topological polar surface area (TPSA) is 134 Å². The van der Waals surface area contributed by atoms with Gasteiger partial charge in [-0.3, -0.25) is 0 Å². The van der Waals surface area contributed by atoms with Gasteiger partial charge >= 0.3 is 12.1 Å². The molecule has 9 nitrogen and oxygen atoms in total. The SMILES string of the molecule is CC[C@H]1[C@@H](OC(=O)NC)[C@@H]2[C@H](CC[C@]3(C)[C@@H](CCCNC(=O)NS(=O)(=O)C4CCCCC4)CC[C@@H]23)[C@@]2(C)CC[C@@H](O)C[C@@H]12. The van der Waals surface area contributed by atoms with Crippen molar-refractivity contribution in [1.82, 2.24) is 15.4 Å². The third-order valence-electron chi connectivity index (χ3n) is 13.2. The summed E-state index contributed by atoms with van der Waals surface area (Å²) in [4.78, 5) is 25.2. The number of hydrogen-bond donors (Lipinski definition) is 4. The highest BCUT2D eigenvalue weighted by molar-refractivity contribution is 7.90. The molecular formula is C33H57N3O6S. The molecule has 0 heterocycles. The fourth-order valence-corrected chi connectivity index (χ4v) is 12.5. The zero-order valence-electron chi connectivity index (χ0n) is 26.9. The summed E-state index contributed by atoms with van der Waals surface area (Å²) in [5, 5.41) is 15.7. The summed E-state index contributed by atoms with van der Waals surface area (Å²) in [6, 6.07) is -0.607. The van der Waals surface area contributed by atoms with E-state index in [0.29, 0.717) is 49.0 Å². The van der Waals surface area contributed by atoms with E-state index in [-0.39, 0.29) is 35.0 Å². The van der Waals surface area contributed by atoms with Gasteiger partial charge in [-0.05, 0) is 117 Å². The average molecular weight is 624 g/mol. The minimum absolute atomic E-state index is 0.141. The first kappa shape index (κ1) is 32.8. The second-order valence-corrected chi connectivity index (χ2v) is 17.1. The highest BCUT2D eigenvalue weighted by Gasteiger charge is 2.65. The zero-order chi connectivity index (χ0) is 31.0. The molecule has 5 aliphatic rings. The normalized spacial score (nSPS) is 41.3.